The van der Waals surface area contributed by atoms with E-state index in [0.717, 1.165) is 60.5 Å². The summed E-state index contributed by atoms with van der Waals surface area (Å²) in [4.78, 5) is 15.2. The predicted molar refractivity (Wildman–Crippen MR) is 209 cm³/mol. The lowest BCUT2D eigenvalue weighted by Crippen LogP contribution is -2.00. The zero-order valence-corrected chi connectivity index (χ0v) is 27.5. The van der Waals surface area contributed by atoms with Crippen LogP contribution in [0.5, 0.6) is 0 Å². The summed E-state index contributed by atoms with van der Waals surface area (Å²) in [6.07, 6.45) is 0. The highest BCUT2D eigenvalue weighted by Crippen LogP contribution is 2.44. The van der Waals surface area contributed by atoms with Crippen LogP contribution >= 0.6 is 0 Å². The van der Waals surface area contributed by atoms with Crippen molar-refractivity contribution < 1.29 is 4.42 Å². The van der Waals surface area contributed by atoms with Crippen LogP contribution in [0.1, 0.15) is 0 Å². The van der Waals surface area contributed by atoms with E-state index in [2.05, 4.69) is 103 Å². The van der Waals surface area contributed by atoms with Crippen LogP contribution in [0.3, 0.4) is 0 Å². The molecule has 51 heavy (non-hydrogen) atoms. The lowest BCUT2D eigenvalue weighted by atomic mass is 9.92. The van der Waals surface area contributed by atoms with Gasteiger partial charge >= 0.3 is 0 Å². The number of para-hydroxylation sites is 1. The highest BCUT2D eigenvalue weighted by molar-refractivity contribution is 6.23. The standard InChI is InChI=1S/C47H29N3O/c1-3-13-33(14-4-1)45-48-46(34-15-5-2-6-16-34)50-47(49-45)40-29-37-18-11-20-38(42(37)44-43(40)39-19-9-10-21-41(39)51-44)32-25-22-31(23-26-32)36-27-24-30-12-7-8-17-35(30)28-36/h1-29H. The van der Waals surface area contributed by atoms with Crippen molar-refractivity contribution in [3.8, 4) is 56.4 Å². The van der Waals surface area contributed by atoms with Gasteiger partial charge in [-0.25, -0.2) is 15.0 Å². The lowest BCUT2D eigenvalue weighted by molar-refractivity contribution is 0.673. The van der Waals surface area contributed by atoms with E-state index in [-0.39, 0.29) is 0 Å². The second kappa shape index (κ2) is 11.9. The molecule has 0 aliphatic heterocycles. The average molecular weight is 652 g/mol. The minimum Gasteiger partial charge on any atom is -0.455 e. The third-order valence-corrected chi connectivity index (χ3v) is 9.71. The largest absolute Gasteiger partial charge is 0.455 e. The molecule has 0 aliphatic rings. The van der Waals surface area contributed by atoms with Gasteiger partial charge in [0, 0.05) is 32.8 Å². The van der Waals surface area contributed by atoms with E-state index in [0.29, 0.717) is 17.5 Å². The Labute approximate surface area is 294 Å². The fraction of sp³-hybridized carbons (Fsp3) is 0. The molecular weight excluding hydrogens is 623 g/mol. The first-order valence-corrected chi connectivity index (χ1v) is 17.1. The van der Waals surface area contributed by atoms with Crippen molar-refractivity contribution in [3.63, 3.8) is 0 Å². The maximum absolute atomic E-state index is 6.78. The van der Waals surface area contributed by atoms with Crippen LogP contribution < -0.4 is 0 Å². The van der Waals surface area contributed by atoms with Gasteiger partial charge in [0.25, 0.3) is 0 Å². The van der Waals surface area contributed by atoms with Gasteiger partial charge in [0.2, 0.25) is 0 Å². The summed E-state index contributed by atoms with van der Waals surface area (Å²) < 4.78 is 6.78. The number of hydrogen-bond donors (Lipinski definition) is 0. The molecule has 10 rings (SSSR count). The first-order chi connectivity index (χ1) is 25.3. The van der Waals surface area contributed by atoms with Crippen LogP contribution in [0, 0.1) is 0 Å². The molecule has 238 valence electrons. The normalized spacial score (nSPS) is 11.5. The van der Waals surface area contributed by atoms with Gasteiger partial charge < -0.3 is 4.42 Å². The van der Waals surface area contributed by atoms with Crippen LogP contribution in [-0.2, 0) is 0 Å². The first-order valence-electron chi connectivity index (χ1n) is 17.1. The Hall–Kier alpha value is -6.91. The van der Waals surface area contributed by atoms with Crippen LogP contribution in [-0.4, -0.2) is 15.0 Å². The molecule has 2 aromatic heterocycles. The summed E-state index contributed by atoms with van der Waals surface area (Å²) in [5.41, 5.74) is 9.02. The van der Waals surface area contributed by atoms with Gasteiger partial charge in [-0.05, 0) is 56.6 Å². The van der Waals surface area contributed by atoms with Crippen LogP contribution in [0.4, 0.5) is 0 Å². The minimum atomic E-state index is 0.603. The third-order valence-electron chi connectivity index (χ3n) is 9.71. The van der Waals surface area contributed by atoms with Crippen molar-refractivity contribution in [1.82, 2.24) is 15.0 Å². The fourth-order valence-corrected chi connectivity index (χ4v) is 7.22. The number of nitrogens with zero attached hydrogens (tertiary/aromatic N) is 3. The van der Waals surface area contributed by atoms with Crippen molar-refractivity contribution in [3.05, 3.63) is 176 Å². The van der Waals surface area contributed by atoms with E-state index in [4.69, 9.17) is 19.4 Å². The molecular formula is C47H29N3O. The minimum absolute atomic E-state index is 0.603. The molecule has 10 aromatic rings. The van der Waals surface area contributed by atoms with Crippen LogP contribution in [0.2, 0.25) is 0 Å². The summed E-state index contributed by atoms with van der Waals surface area (Å²) in [6, 6.07) is 61.1. The molecule has 0 unspecified atom stereocenters. The Kier molecular flexibility index (Phi) is 6.78. The van der Waals surface area contributed by atoms with E-state index < -0.39 is 0 Å². The number of aromatic nitrogens is 3. The molecule has 0 fully saturated rings. The summed E-state index contributed by atoms with van der Waals surface area (Å²) in [7, 11) is 0. The number of hydrogen-bond acceptors (Lipinski definition) is 4. The predicted octanol–water partition coefficient (Wildman–Crippen LogP) is 12.4. The highest BCUT2D eigenvalue weighted by Gasteiger charge is 2.22. The van der Waals surface area contributed by atoms with Crippen molar-refractivity contribution in [2.75, 3.05) is 0 Å². The number of rotatable bonds is 5. The summed E-state index contributed by atoms with van der Waals surface area (Å²) in [5.74, 6) is 1.85. The second-order valence-electron chi connectivity index (χ2n) is 12.8. The molecule has 4 heteroatoms. The Morgan fingerprint density at radius 2 is 0.922 bits per heavy atom. The third kappa shape index (κ3) is 5.04. The Morgan fingerprint density at radius 1 is 0.333 bits per heavy atom. The van der Waals surface area contributed by atoms with E-state index in [9.17, 15) is 0 Å². The molecule has 0 N–H and O–H groups in total. The molecule has 0 bridgehead atoms. The average Bonchev–Trinajstić information content (AvgIpc) is 3.60. The van der Waals surface area contributed by atoms with Gasteiger partial charge in [-0.3, -0.25) is 0 Å². The number of furan rings is 1. The number of benzene rings is 8. The van der Waals surface area contributed by atoms with E-state index in [1.807, 2.05) is 72.8 Å². The molecule has 8 aromatic carbocycles. The van der Waals surface area contributed by atoms with Gasteiger partial charge in [0.15, 0.2) is 17.5 Å². The Bertz CT molecular complexity index is 2840. The molecule has 0 radical (unpaired) electrons. The number of fused-ring (bicyclic) bond motifs is 6. The van der Waals surface area contributed by atoms with Crippen LogP contribution in [0.25, 0.3) is 99.9 Å². The topological polar surface area (TPSA) is 51.8 Å². The van der Waals surface area contributed by atoms with Gasteiger partial charge in [0.05, 0.1) is 0 Å². The molecule has 4 nitrogen and oxygen atoms in total. The maximum Gasteiger partial charge on any atom is 0.164 e. The lowest BCUT2D eigenvalue weighted by Gasteiger charge is -2.13. The molecule has 0 saturated carbocycles. The van der Waals surface area contributed by atoms with Gasteiger partial charge in [-0.1, -0.05) is 158 Å². The van der Waals surface area contributed by atoms with Gasteiger partial charge in [-0.2, -0.15) is 0 Å². The Morgan fingerprint density at radius 3 is 1.67 bits per heavy atom. The Balaban J connectivity index is 1.19. The highest BCUT2D eigenvalue weighted by atomic mass is 16.3. The molecule has 0 spiro atoms. The first kappa shape index (κ1) is 29.0. The summed E-state index contributed by atoms with van der Waals surface area (Å²) >= 11 is 0. The van der Waals surface area contributed by atoms with E-state index >= 15 is 0 Å². The maximum atomic E-state index is 6.78. The van der Waals surface area contributed by atoms with Crippen molar-refractivity contribution >= 4 is 43.5 Å². The summed E-state index contributed by atoms with van der Waals surface area (Å²) in [6.45, 7) is 0. The van der Waals surface area contributed by atoms with Gasteiger partial charge in [-0.15, -0.1) is 0 Å². The second-order valence-corrected chi connectivity index (χ2v) is 12.8. The molecule has 0 saturated heterocycles. The van der Waals surface area contributed by atoms with E-state index in [1.54, 1.807) is 0 Å². The van der Waals surface area contributed by atoms with Crippen LogP contribution in [0.15, 0.2) is 180 Å². The molecule has 0 amide bonds. The van der Waals surface area contributed by atoms with E-state index in [1.165, 1.54) is 21.9 Å². The van der Waals surface area contributed by atoms with Crippen molar-refractivity contribution in [2.24, 2.45) is 0 Å². The summed E-state index contributed by atoms with van der Waals surface area (Å²) in [5, 5.41) is 6.60. The molecule has 0 aliphatic carbocycles. The molecule has 0 atom stereocenters. The fourth-order valence-electron chi connectivity index (χ4n) is 7.22. The van der Waals surface area contributed by atoms with Gasteiger partial charge in [0.1, 0.15) is 11.2 Å². The van der Waals surface area contributed by atoms with Crippen molar-refractivity contribution in [1.29, 1.82) is 0 Å². The smallest absolute Gasteiger partial charge is 0.164 e. The SMILES string of the molecule is c1ccc(-c2nc(-c3ccccc3)nc(-c3cc4cccc(-c5ccc(-c6ccc7ccccc7c6)cc5)c4c4oc5ccccc5c34)n2)cc1. The van der Waals surface area contributed by atoms with Crippen molar-refractivity contribution in [2.45, 2.75) is 0 Å². The zero-order valence-electron chi connectivity index (χ0n) is 27.5. The zero-order chi connectivity index (χ0) is 33.7. The quantitative estimate of drug-likeness (QED) is 0.186. The molecule has 2 heterocycles. The monoisotopic (exact) mass is 651 g/mol.